The van der Waals surface area contributed by atoms with Gasteiger partial charge in [-0.25, -0.2) is 0 Å². The van der Waals surface area contributed by atoms with Crippen molar-refractivity contribution in [3.05, 3.63) is 29.8 Å². The minimum absolute atomic E-state index is 0.0228. The molecule has 0 saturated carbocycles. The summed E-state index contributed by atoms with van der Waals surface area (Å²) < 4.78 is 0. The lowest BCUT2D eigenvalue weighted by Gasteiger charge is -2.22. The smallest absolute Gasteiger partial charge is 0.303 e. The highest BCUT2D eigenvalue weighted by atomic mass is 32.2. The monoisotopic (exact) mass is 336 g/mol. The molecule has 1 unspecified atom stereocenters. The van der Waals surface area contributed by atoms with Gasteiger partial charge in [-0.15, -0.1) is 11.8 Å². The molecule has 2 rings (SSSR count). The second-order valence-electron chi connectivity index (χ2n) is 5.32. The summed E-state index contributed by atoms with van der Waals surface area (Å²) in [7, 11) is 0. The first kappa shape index (κ1) is 17.3. The lowest BCUT2D eigenvalue weighted by atomic mass is 10.1. The van der Waals surface area contributed by atoms with Gasteiger partial charge < -0.3 is 15.3 Å². The van der Waals surface area contributed by atoms with Crippen molar-refractivity contribution in [2.45, 2.75) is 32.2 Å². The van der Waals surface area contributed by atoms with Crippen LogP contribution in [0.3, 0.4) is 0 Å². The van der Waals surface area contributed by atoms with Crippen LogP contribution >= 0.6 is 11.8 Å². The predicted octanol–water partition coefficient (Wildman–Crippen LogP) is 1.95. The molecular weight excluding hydrogens is 316 g/mol. The minimum atomic E-state index is -0.851. The molecule has 1 heterocycles. The second kappa shape index (κ2) is 8.01. The Hall–Kier alpha value is -2.02. The molecule has 2 amide bonds. The first-order valence-electron chi connectivity index (χ1n) is 7.50. The summed E-state index contributed by atoms with van der Waals surface area (Å²) in [6.45, 7) is 1.78. The number of rotatable bonds is 6. The molecule has 1 aliphatic rings. The van der Waals surface area contributed by atoms with Crippen LogP contribution in [0.2, 0.25) is 0 Å². The molecule has 0 radical (unpaired) electrons. The molecular formula is C16H20N2O4S. The second-order valence-corrected chi connectivity index (χ2v) is 6.32. The van der Waals surface area contributed by atoms with E-state index in [9.17, 15) is 14.4 Å². The van der Waals surface area contributed by atoms with Crippen molar-refractivity contribution in [1.82, 2.24) is 4.90 Å². The SMILES string of the molecule is CCC(=O)N1CSCC1C(=O)Nc1cccc(CCC(=O)O)c1. The Bertz CT molecular complexity index is 605. The maximum absolute atomic E-state index is 12.4. The largest absolute Gasteiger partial charge is 0.481 e. The molecule has 1 fully saturated rings. The van der Waals surface area contributed by atoms with Crippen molar-refractivity contribution in [3.63, 3.8) is 0 Å². The average molecular weight is 336 g/mol. The number of aryl methyl sites for hydroxylation is 1. The van der Waals surface area contributed by atoms with E-state index in [0.29, 0.717) is 30.2 Å². The van der Waals surface area contributed by atoms with Crippen molar-refractivity contribution in [3.8, 4) is 0 Å². The Kier molecular flexibility index (Phi) is 6.04. The third kappa shape index (κ3) is 4.72. The Balaban J connectivity index is 2.01. The number of benzene rings is 1. The number of amides is 2. The highest BCUT2D eigenvalue weighted by Gasteiger charge is 2.33. The van der Waals surface area contributed by atoms with Crippen molar-refractivity contribution in [2.24, 2.45) is 0 Å². The summed E-state index contributed by atoms with van der Waals surface area (Å²) in [4.78, 5) is 36.5. The number of carboxylic acids is 1. The summed E-state index contributed by atoms with van der Waals surface area (Å²) in [6.07, 6.45) is 0.850. The minimum Gasteiger partial charge on any atom is -0.481 e. The molecule has 1 atom stereocenters. The zero-order chi connectivity index (χ0) is 16.8. The standard InChI is InChI=1S/C16H20N2O4S/c1-2-14(19)18-10-23-9-13(18)16(22)17-12-5-3-4-11(8-12)6-7-15(20)21/h3-5,8,13H,2,6-7,9-10H2,1H3,(H,17,22)(H,20,21). The number of hydrogen-bond acceptors (Lipinski definition) is 4. The van der Waals surface area contributed by atoms with E-state index in [1.54, 1.807) is 41.8 Å². The summed E-state index contributed by atoms with van der Waals surface area (Å²) in [6, 6.07) is 6.70. The number of nitrogens with zero attached hydrogens (tertiary/aromatic N) is 1. The van der Waals surface area contributed by atoms with Crippen LogP contribution < -0.4 is 5.32 Å². The van der Waals surface area contributed by atoms with Gasteiger partial charge in [-0.3, -0.25) is 14.4 Å². The Morgan fingerprint density at radius 2 is 2.17 bits per heavy atom. The molecule has 23 heavy (non-hydrogen) atoms. The van der Waals surface area contributed by atoms with E-state index < -0.39 is 12.0 Å². The van der Waals surface area contributed by atoms with E-state index in [1.807, 2.05) is 6.07 Å². The molecule has 0 aliphatic carbocycles. The fourth-order valence-corrected chi connectivity index (χ4v) is 3.57. The maximum Gasteiger partial charge on any atom is 0.303 e. The van der Waals surface area contributed by atoms with Crippen molar-refractivity contribution in [1.29, 1.82) is 0 Å². The molecule has 124 valence electrons. The van der Waals surface area contributed by atoms with E-state index in [1.165, 1.54) is 0 Å². The van der Waals surface area contributed by atoms with Gasteiger partial charge in [0.05, 0.1) is 5.88 Å². The lowest BCUT2D eigenvalue weighted by molar-refractivity contribution is -0.137. The predicted molar refractivity (Wildman–Crippen MR) is 89.3 cm³/mol. The number of carbonyl (C=O) groups excluding carboxylic acids is 2. The summed E-state index contributed by atoms with van der Waals surface area (Å²) >= 11 is 1.57. The number of thioether (sulfide) groups is 1. The van der Waals surface area contributed by atoms with E-state index in [0.717, 1.165) is 5.56 Å². The third-order valence-electron chi connectivity index (χ3n) is 3.63. The van der Waals surface area contributed by atoms with Crippen LogP contribution in [0.1, 0.15) is 25.3 Å². The lowest BCUT2D eigenvalue weighted by Crippen LogP contribution is -2.44. The van der Waals surface area contributed by atoms with Crippen LogP contribution in [0.5, 0.6) is 0 Å². The summed E-state index contributed by atoms with van der Waals surface area (Å²) in [5.41, 5.74) is 1.48. The molecule has 2 N–H and O–H groups in total. The summed E-state index contributed by atoms with van der Waals surface area (Å²) in [5.74, 6) is 0.0633. The van der Waals surface area contributed by atoms with Crippen LogP contribution in [-0.4, -0.2) is 45.5 Å². The molecule has 1 aliphatic heterocycles. The highest BCUT2D eigenvalue weighted by Crippen LogP contribution is 2.23. The molecule has 0 spiro atoms. The van der Waals surface area contributed by atoms with Crippen molar-refractivity contribution >= 4 is 35.2 Å². The van der Waals surface area contributed by atoms with E-state index >= 15 is 0 Å². The average Bonchev–Trinajstić information content (AvgIpc) is 3.02. The van der Waals surface area contributed by atoms with E-state index in [4.69, 9.17) is 5.11 Å². The zero-order valence-corrected chi connectivity index (χ0v) is 13.8. The summed E-state index contributed by atoms with van der Waals surface area (Å²) in [5, 5.41) is 11.6. The van der Waals surface area contributed by atoms with E-state index in [2.05, 4.69) is 5.32 Å². The number of carboxylic acid groups (broad SMARTS) is 1. The van der Waals surface area contributed by atoms with Gasteiger partial charge in [0.1, 0.15) is 6.04 Å². The van der Waals surface area contributed by atoms with Crippen LogP contribution in [0.4, 0.5) is 5.69 Å². The number of nitrogens with one attached hydrogen (secondary N) is 1. The van der Waals surface area contributed by atoms with Gasteiger partial charge in [0.25, 0.3) is 0 Å². The first-order chi connectivity index (χ1) is 11.0. The van der Waals surface area contributed by atoms with Gasteiger partial charge >= 0.3 is 5.97 Å². The van der Waals surface area contributed by atoms with E-state index in [-0.39, 0.29) is 18.2 Å². The van der Waals surface area contributed by atoms with Gasteiger partial charge in [-0.2, -0.15) is 0 Å². The Labute approximate surface area is 139 Å². The van der Waals surface area contributed by atoms with Gasteiger partial charge in [0.2, 0.25) is 11.8 Å². The first-order valence-corrected chi connectivity index (χ1v) is 8.65. The fraction of sp³-hybridized carbons (Fsp3) is 0.438. The molecule has 1 saturated heterocycles. The number of hydrogen-bond donors (Lipinski definition) is 2. The maximum atomic E-state index is 12.4. The van der Waals surface area contributed by atoms with Crippen molar-refractivity contribution < 1.29 is 19.5 Å². The molecule has 0 aromatic heterocycles. The molecule has 1 aromatic carbocycles. The highest BCUT2D eigenvalue weighted by molar-refractivity contribution is 7.99. The number of anilines is 1. The Morgan fingerprint density at radius 1 is 1.39 bits per heavy atom. The van der Waals surface area contributed by atoms with Gasteiger partial charge in [-0.1, -0.05) is 19.1 Å². The molecule has 1 aromatic rings. The van der Waals surface area contributed by atoms with Crippen molar-refractivity contribution in [2.75, 3.05) is 16.9 Å². The fourth-order valence-electron chi connectivity index (χ4n) is 2.39. The molecule has 6 nitrogen and oxygen atoms in total. The Morgan fingerprint density at radius 3 is 2.87 bits per heavy atom. The third-order valence-corrected chi connectivity index (χ3v) is 4.64. The van der Waals surface area contributed by atoms with Crippen LogP contribution in [0, 0.1) is 0 Å². The van der Waals surface area contributed by atoms with Gasteiger partial charge in [0.15, 0.2) is 0 Å². The quantitative estimate of drug-likeness (QED) is 0.829. The normalized spacial score (nSPS) is 17.1. The molecule has 7 heteroatoms. The number of carbonyl (C=O) groups is 3. The zero-order valence-electron chi connectivity index (χ0n) is 12.9. The van der Waals surface area contributed by atoms with Crippen LogP contribution in [-0.2, 0) is 20.8 Å². The van der Waals surface area contributed by atoms with Gasteiger partial charge in [-0.05, 0) is 24.1 Å². The molecule has 0 bridgehead atoms. The van der Waals surface area contributed by atoms with Gasteiger partial charge in [0, 0.05) is 24.3 Å². The number of aliphatic carboxylic acids is 1. The van der Waals surface area contributed by atoms with Crippen LogP contribution in [0.25, 0.3) is 0 Å². The topological polar surface area (TPSA) is 86.7 Å². The van der Waals surface area contributed by atoms with Crippen LogP contribution in [0.15, 0.2) is 24.3 Å².